The molecule has 0 spiro atoms. The average Bonchev–Trinajstić information content (AvgIpc) is 3.06. The second kappa shape index (κ2) is 8.72. The second-order valence-corrected chi connectivity index (χ2v) is 13.3. The molecule has 1 heteroatoms. The lowest BCUT2D eigenvalue weighted by Crippen LogP contribution is -2.54. The normalized spacial score (nSPS) is 48.0. The van der Waals surface area contributed by atoms with Crippen LogP contribution in [0.15, 0.2) is 0 Å². The maximum Gasteiger partial charge on any atom is 0.0543 e. The summed E-state index contributed by atoms with van der Waals surface area (Å²) in [4.78, 5) is 0. The van der Waals surface area contributed by atoms with Crippen LogP contribution in [0.2, 0.25) is 0 Å². The molecule has 0 aromatic carbocycles. The van der Waals surface area contributed by atoms with Gasteiger partial charge in [-0.1, -0.05) is 54.4 Å². The van der Waals surface area contributed by atoms with E-state index in [2.05, 4.69) is 41.5 Å². The molecule has 1 nitrogen and oxygen atoms in total. The number of hydrogen-bond donors (Lipinski definition) is 1. The van der Waals surface area contributed by atoms with Gasteiger partial charge in [-0.3, -0.25) is 0 Å². The summed E-state index contributed by atoms with van der Waals surface area (Å²) in [6.07, 6.45) is 16.5. The minimum Gasteiger partial charge on any atom is -0.393 e. The van der Waals surface area contributed by atoms with Gasteiger partial charge in [-0.15, -0.1) is 0 Å². The van der Waals surface area contributed by atoms with E-state index in [4.69, 9.17) is 0 Å². The summed E-state index contributed by atoms with van der Waals surface area (Å²) in [7, 11) is 0. The fourth-order valence-electron chi connectivity index (χ4n) is 9.90. The van der Waals surface area contributed by atoms with Crippen molar-refractivity contribution in [2.75, 3.05) is 0 Å². The van der Waals surface area contributed by atoms with Crippen LogP contribution in [0.4, 0.5) is 0 Å². The van der Waals surface area contributed by atoms with E-state index in [1.807, 2.05) is 0 Å². The zero-order valence-electron chi connectivity index (χ0n) is 21.1. The molecule has 0 aliphatic heterocycles. The number of aliphatic hydroxyl groups excluding tert-OH is 1. The average molecular weight is 417 g/mol. The van der Waals surface area contributed by atoms with Crippen LogP contribution in [0.5, 0.6) is 0 Å². The first-order chi connectivity index (χ1) is 14.2. The van der Waals surface area contributed by atoms with Crippen molar-refractivity contribution in [2.24, 2.45) is 58.2 Å². The van der Waals surface area contributed by atoms with E-state index in [0.29, 0.717) is 10.8 Å². The first-order valence-electron chi connectivity index (χ1n) is 13.9. The maximum absolute atomic E-state index is 10.3. The zero-order chi connectivity index (χ0) is 21.7. The zero-order valence-corrected chi connectivity index (χ0v) is 21.1. The van der Waals surface area contributed by atoms with Gasteiger partial charge in [-0.05, 0) is 122 Å². The number of fused-ring (bicyclic) bond motifs is 5. The van der Waals surface area contributed by atoms with Gasteiger partial charge in [0.25, 0.3) is 0 Å². The van der Waals surface area contributed by atoms with E-state index in [1.54, 1.807) is 0 Å². The Hall–Kier alpha value is -0.0400. The van der Waals surface area contributed by atoms with Crippen molar-refractivity contribution in [3.63, 3.8) is 0 Å². The van der Waals surface area contributed by atoms with Crippen LogP contribution in [0.1, 0.15) is 119 Å². The van der Waals surface area contributed by atoms with Crippen LogP contribution in [-0.2, 0) is 0 Å². The number of hydrogen-bond acceptors (Lipinski definition) is 1. The molecule has 0 aromatic heterocycles. The van der Waals surface area contributed by atoms with Crippen LogP contribution in [0.3, 0.4) is 0 Å². The molecule has 0 bridgehead atoms. The van der Waals surface area contributed by atoms with Crippen LogP contribution in [0.25, 0.3) is 0 Å². The van der Waals surface area contributed by atoms with Gasteiger partial charge in [-0.2, -0.15) is 0 Å². The lowest BCUT2D eigenvalue weighted by Gasteiger charge is -2.61. The van der Waals surface area contributed by atoms with E-state index in [0.717, 1.165) is 60.2 Å². The minimum atomic E-state index is -0.0111. The fourth-order valence-corrected chi connectivity index (χ4v) is 9.90. The van der Waals surface area contributed by atoms with Gasteiger partial charge >= 0.3 is 0 Å². The molecule has 4 rings (SSSR count). The van der Waals surface area contributed by atoms with Crippen LogP contribution < -0.4 is 0 Å². The van der Waals surface area contributed by atoms with Crippen molar-refractivity contribution >= 4 is 0 Å². The molecule has 0 amide bonds. The van der Waals surface area contributed by atoms with Crippen molar-refractivity contribution in [1.82, 2.24) is 0 Å². The topological polar surface area (TPSA) is 20.2 Å². The van der Waals surface area contributed by atoms with Crippen molar-refractivity contribution in [1.29, 1.82) is 0 Å². The van der Waals surface area contributed by atoms with E-state index < -0.39 is 0 Å². The van der Waals surface area contributed by atoms with Crippen molar-refractivity contribution < 1.29 is 5.11 Å². The molecular formula is C29H52O. The third kappa shape index (κ3) is 3.82. The highest BCUT2D eigenvalue weighted by atomic mass is 16.3. The predicted octanol–water partition coefficient (Wildman–Crippen LogP) is 8.10. The molecule has 0 saturated heterocycles. The highest BCUT2D eigenvalue weighted by Crippen LogP contribution is 2.68. The largest absolute Gasteiger partial charge is 0.393 e. The Labute approximate surface area is 188 Å². The quantitative estimate of drug-likeness (QED) is 0.463. The summed E-state index contributed by atoms with van der Waals surface area (Å²) in [5.74, 6) is 7.34. The van der Waals surface area contributed by atoms with E-state index in [1.165, 1.54) is 64.2 Å². The summed E-state index contributed by atoms with van der Waals surface area (Å²) in [6.45, 7) is 15.2. The van der Waals surface area contributed by atoms with Crippen molar-refractivity contribution in [2.45, 2.75) is 125 Å². The first-order valence-corrected chi connectivity index (χ1v) is 13.9. The van der Waals surface area contributed by atoms with E-state index in [-0.39, 0.29) is 6.10 Å². The third-order valence-corrected chi connectivity index (χ3v) is 11.9. The molecule has 30 heavy (non-hydrogen) atoms. The van der Waals surface area contributed by atoms with Gasteiger partial charge in [0.05, 0.1) is 6.10 Å². The van der Waals surface area contributed by atoms with Crippen molar-refractivity contribution in [3.8, 4) is 0 Å². The lowest BCUT2D eigenvalue weighted by molar-refractivity contribution is -0.129. The summed E-state index contributed by atoms with van der Waals surface area (Å²) in [6, 6.07) is 0. The van der Waals surface area contributed by atoms with Crippen molar-refractivity contribution in [3.05, 3.63) is 0 Å². The van der Waals surface area contributed by atoms with E-state index in [9.17, 15) is 5.11 Å². The Kier molecular flexibility index (Phi) is 6.72. The summed E-state index contributed by atoms with van der Waals surface area (Å²) in [5.41, 5.74) is 1.14. The predicted molar refractivity (Wildman–Crippen MR) is 128 cm³/mol. The Morgan fingerprint density at radius 2 is 1.53 bits per heavy atom. The van der Waals surface area contributed by atoms with Crippen LogP contribution >= 0.6 is 0 Å². The first kappa shape index (κ1) is 23.1. The second-order valence-electron chi connectivity index (χ2n) is 13.3. The molecule has 1 N–H and O–H groups in total. The highest BCUT2D eigenvalue weighted by Gasteiger charge is 2.60. The monoisotopic (exact) mass is 416 g/mol. The third-order valence-electron chi connectivity index (χ3n) is 11.9. The number of rotatable bonds is 6. The summed E-state index contributed by atoms with van der Waals surface area (Å²) < 4.78 is 0. The van der Waals surface area contributed by atoms with Gasteiger partial charge in [0.15, 0.2) is 0 Å². The molecule has 4 saturated carbocycles. The van der Waals surface area contributed by atoms with E-state index >= 15 is 0 Å². The smallest absolute Gasteiger partial charge is 0.0543 e. The SMILES string of the molecule is CCC(CC[C@@H](C)[C@H]1CC[C@H]2[C@H]3CCC4C[C@@H](O)CC[C@@]4(C)[C@H]3CC[C@]12C)C(C)C. The summed E-state index contributed by atoms with van der Waals surface area (Å²) >= 11 is 0. The minimum absolute atomic E-state index is 0.0111. The summed E-state index contributed by atoms with van der Waals surface area (Å²) in [5, 5.41) is 10.3. The highest BCUT2D eigenvalue weighted by molar-refractivity contribution is 5.09. The Balaban J connectivity index is 1.45. The van der Waals surface area contributed by atoms with Gasteiger partial charge < -0.3 is 5.11 Å². The molecule has 0 aromatic rings. The Morgan fingerprint density at radius 3 is 2.23 bits per heavy atom. The molecule has 2 unspecified atom stereocenters. The fraction of sp³-hybridized carbons (Fsp3) is 1.00. The standard InChI is InChI=1S/C29H52O/c1-7-21(19(2)3)9-8-20(4)25-12-13-26-24-11-10-22-18-23(30)14-16-28(22,5)27(24)15-17-29(25,26)6/h19-27,30H,7-18H2,1-6H3/t20-,21?,22?,23+,24-,25-,26+,27+,28-,29-/m1/s1. The molecule has 4 aliphatic rings. The Morgan fingerprint density at radius 1 is 0.833 bits per heavy atom. The van der Waals surface area contributed by atoms with Crippen LogP contribution in [-0.4, -0.2) is 11.2 Å². The molecule has 4 fully saturated rings. The number of aliphatic hydroxyl groups is 1. The lowest BCUT2D eigenvalue weighted by atomic mass is 9.44. The van der Waals surface area contributed by atoms with Crippen LogP contribution in [0, 0.1) is 58.2 Å². The Bertz CT molecular complexity index is 583. The molecule has 0 radical (unpaired) electrons. The molecule has 174 valence electrons. The molecule has 0 heterocycles. The van der Waals surface area contributed by atoms with Gasteiger partial charge in [0.2, 0.25) is 0 Å². The van der Waals surface area contributed by atoms with Gasteiger partial charge in [0.1, 0.15) is 0 Å². The molecule has 10 atom stereocenters. The van der Waals surface area contributed by atoms with Gasteiger partial charge in [0, 0.05) is 0 Å². The maximum atomic E-state index is 10.3. The molecule has 4 aliphatic carbocycles. The molecular weight excluding hydrogens is 364 g/mol. The van der Waals surface area contributed by atoms with Gasteiger partial charge in [-0.25, -0.2) is 0 Å².